The summed E-state index contributed by atoms with van der Waals surface area (Å²) in [4.78, 5) is 6.60. The van der Waals surface area contributed by atoms with Crippen molar-refractivity contribution in [3.63, 3.8) is 0 Å². The summed E-state index contributed by atoms with van der Waals surface area (Å²) < 4.78 is 5.61. The highest BCUT2D eigenvalue weighted by atomic mass is 16.5. The number of nitrogens with zero attached hydrogens (tertiary/aromatic N) is 2. The molecule has 0 heterocycles. The van der Waals surface area contributed by atoms with Gasteiger partial charge in [-0.3, -0.25) is 4.99 Å². The molecule has 0 aromatic heterocycles. The molecule has 5 heteroatoms. The van der Waals surface area contributed by atoms with Crippen LogP contribution in [0.15, 0.2) is 29.3 Å². The molecule has 130 valence electrons. The van der Waals surface area contributed by atoms with Crippen molar-refractivity contribution < 1.29 is 9.84 Å². The first kappa shape index (κ1) is 19.3. The average molecular weight is 321 g/mol. The Morgan fingerprint density at radius 1 is 1.39 bits per heavy atom. The van der Waals surface area contributed by atoms with Crippen LogP contribution in [0.5, 0.6) is 5.75 Å². The minimum absolute atomic E-state index is 0.241. The van der Waals surface area contributed by atoms with Gasteiger partial charge in [0.1, 0.15) is 18.5 Å². The molecule has 1 aromatic rings. The van der Waals surface area contributed by atoms with E-state index in [2.05, 4.69) is 22.1 Å². The van der Waals surface area contributed by atoms with Crippen LogP contribution in [0.4, 0.5) is 0 Å². The van der Waals surface area contributed by atoms with Gasteiger partial charge in [-0.2, -0.15) is 0 Å². The highest BCUT2D eigenvalue weighted by molar-refractivity contribution is 5.79. The van der Waals surface area contributed by atoms with E-state index >= 15 is 0 Å². The highest BCUT2D eigenvalue weighted by Crippen LogP contribution is 2.12. The van der Waals surface area contributed by atoms with Gasteiger partial charge >= 0.3 is 0 Å². The Hall–Kier alpha value is -1.75. The lowest BCUT2D eigenvalue weighted by Crippen LogP contribution is -2.40. The molecule has 0 aliphatic rings. The van der Waals surface area contributed by atoms with Crippen molar-refractivity contribution in [2.75, 3.05) is 33.3 Å². The molecule has 0 amide bonds. The third kappa shape index (κ3) is 7.88. The maximum atomic E-state index is 10.1. The summed E-state index contributed by atoms with van der Waals surface area (Å²) in [5.41, 5.74) is 1.14. The number of benzene rings is 1. The van der Waals surface area contributed by atoms with Gasteiger partial charge in [0.25, 0.3) is 0 Å². The molecule has 5 nitrogen and oxygen atoms in total. The monoisotopic (exact) mass is 321 g/mol. The smallest absolute Gasteiger partial charge is 0.193 e. The van der Waals surface area contributed by atoms with Crippen molar-refractivity contribution in [2.45, 2.75) is 39.7 Å². The third-order valence-electron chi connectivity index (χ3n) is 3.43. The predicted molar refractivity (Wildman–Crippen MR) is 96.2 cm³/mol. The lowest BCUT2D eigenvalue weighted by molar-refractivity contribution is 0.114. The fourth-order valence-corrected chi connectivity index (χ4v) is 2.11. The summed E-state index contributed by atoms with van der Waals surface area (Å²) in [5.74, 6) is 1.61. The molecule has 0 saturated heterocycles. The van der Waals surface area contributed by atoms with E-state index in [4.69, 9.17) is 4.74 Å². The number of unbranched alkanes of at least 4 members (excludes halogenated alkanes) is 1. The number of nitrogens with one attached hydrogen (secondary N) is 1. The van der Waals surface area contributed by atoms with Crippen LogP contribution in [0.2, 0.25) is 0 Å². The van der Waals surface area contributed by atoms with Crippen LogP contribution in [0.1, 0.15) is 32.3 Å². The van der Waals surface area contributed by atoms with Crippen LogP contribution in [0.25, 0.3) is 0 Å². The number of hydrogen-bond acceptors (Lipinski definition) is 3. The average Bonchev–Trinajstić information content (AvgIpc) is 2.54. The van der Waals surface area contributed by atoms with E-state index < -0.39 is 6.10 Å². The Morgan fingerprint density at radius 2 is 2.17 bits per heavy atom. The highest BCUT2D eigenvalue weighted by Gasteiger charge is 2.08. The Kier molecular flexibility index (Phi) is 9.14. The van der Waals surface area contributed by atoms with E-state index in [0.717, 1.165) is 43.2 Å². The first-order valence-corrected chi connectivity index (χ1v) is 8.43. The first-order chi connectivity index (χ1) is 11.1. The van der Waals surface area contributed by atoms with E-state index in [-0.39, 0.29) is 6.61 Å². The van der Waals surface area contributed by atoms with E-state index in [0.29, 0.717) is 6.54 Å². The minimum atomic E-state index is -0.622. The van der Waals surface area contributed by atoms with Gasteiger partial charge in [0.15, 0.2) is 5.96 Å². The molecule has 0 aliphatic carbocycles. The Labute approximate surface area is 140 Å². The number of hydrogen-bond donors (Lipinski definition) is 2. The molecule has 0 aliphatic heterocycles. The number of aryl methyl sites for hydroxylation is 1. The normalized spacial score (nSPS) is 12.8. The second-order valence-electron chi connectivity index (χ2n) is 5.75. The molecular formula is C18H31N3O2. The standard InChI is InChI=1S/C18H31N3O2/c1-5-7-11-21(4)18(19-6-2)20-13-16(22)14-23-17-10-8-9-15(3)12-17/h8-10,12,16,22H,5-7,11,13-14H2,1-4H3,(H,19,20). The van der Waals surface area contributed by atoms with Gasteiger partial charge in [0, 0.05) is 20.1 Å². The maximum Gasteiger partial charge on any atom is 0.193 e. The lowest BCUT2D eigenvalue weighted by atomic mass is 10.2. The lowest BCUT2D eigenvalue weighted by Gasteiger charge is -2.22. The van der Waals surface area contributed by atoms with Gasteiger partial charge in [0.05, 0.1) is 6.54 Å². The number of aliphatic hydroxyl groups excluding tert-OH is 1. The molecule has 1 unspecified atom stereocenters. The summed E-state index contributed by atoms with van der Waals surface area (Å²) in [6, 6.07) is 7.81. The van der Waals surface area contributed by atoms with Crippen molar-refractivity contribution in [1.82, 2.24) is 10.2 Å². The van der Waals surface area contributed by atoms with Gasteiger partial charge in [-0.1, -0.05) is 25.5 Å². The SMILES string of the molecule is CCCCN(C)C(=NCC(O)COc1cccc(C)c1)NCC. The zero-order valence-electron chi connectivity index (χ0n) is 14.9. The molecule has 2 N–H and O–H groups in total. The zero-order valence-corrected chi connectivity index (χ0v) is 14.9. The molecule has 1 atom stereocenters. The topological polar surface area (TPSA) is 57.1 Å². The van der Waals surface area contributed by atoms with Crippen molar-refractivity contribution in [1.29, 1.82) is 0 Å². The molecule has 0 saturated carbocycles. The largest absolute Gasteiger partial charge is 0.491 e. The fraction of sp³-hybridized carbons (Fsp3) is 0.611. The second kappa shape index (κ2) is 10.9. The van der Waals surface area contributed by atoms with Gasteiger partial charge in [0.2, 0.25) is 0 Å². The van der Waals surface area contributed by atoms with Crippen molar-refractivity contribution in [2.24, 2.45) is 4.99 Å². The number of aliphatic hydroxyl groups is 1. The molecule has 0 spiro atoms. The van der Waals surface area contributed by atoms with Gasteiger partial charge in [-0.25, -0.2) is 0 Å². The van der Waals surface area contributed by atoms with E-state index in [9.17, 15) is 5.11 Å². The first-order valence-electron chi connectivity index (χ1n) is 8.43. The van der Waals surface area contributed by atoms with Gasteiger partial charge in [-0.05, 0) is 38.0 Å². The molecule has 1 rings (SSSR count). The van der Waals surface area contributed by atoms with Crippen LogP contribution < -0.4 is 10.1 Å². The van der Waals surface area contributed by atoms with Crippen molar-refractivity contribution in [3.05, 3.63) is 29.8 Å². The molecule has 0 radical (unpaired) electrons. The molecule has 0 bridgehead atoms. The maximum absolute atomic E-state index is 10.1. The Balaban J connectivity index is 2.47. The Bertz CT molecular complexity index is 477. The summed E-state index contributed by atoms with van der Waals surface area (Å²) in [6.45, 7) is 8.56. The second-order valence-corrected chi connectivity index (χ2v) is 5.75. The van der Waals surface area contributed by atoms with Gasteiger partial charge in [-0.15, -0.1) is 0 Å². The predicted octanol–water partition coefficient (Wildman–Crippen LogP) is 2.43. The summed E-state index contributed by atoms with van der Waals surface area (Å²) in [5, 5.41) is 13.3. The zero-order chi connectivity index (χ0) is 17.1. The van der Waals surface area contributed by atoms with Crippen LogP contribution in [0, 0.1) is 6.92 Å². The van der Waals surface area contributed by atoms with Crippen molar-refractivity contribution >= 4 is 5.96 Å². The number of guanidine groups is 1. The fourth-order valence-electron chi connectivity index (χ4n) is 2.11. The summed E-state index contributed by atoms with van der Waals surface area (Å²) in [6.07, 6.45) is 1.65. The quantitative estimate of drug-likeness (QED) is 0.542. The Morgan fingerprint density at radius 3 is 2.83 bits per heavy atom. The van der Waals surface area contributed by atoms with E-state index in [1.165, 1.54) is 0 Å². The molecule has 23 heavy (non-hydrogen) atoms. The van der Waals surface area contributed by atoms with E-state index in [1.807, 2.05) is 45.2 Å². The minimum Gasteiger partial charge on any atom is -0.491 e. The van der Waals surface area contributed by atoms with E-state index in [1.54, 1.807) is 0 Å². The van der Waals surface area contributed by atoms with Gasteiger partial charge < -0.3 is 20.1 Å². The third-order valence-corrected chi connectivity index (χ3v) is 3.43. The van der Waals surface area contributed by atoms with Crippen LogP contribution in [0.3, 0.4) is 0 Å². The molecule has 1 aromatic carbocycles. The molecular weight excluding hydrogens is 290 g/mol. The summed E-state index contributed by atoms with van der Waals surface area (Å²) >= 11 is 0. The number of aliphatic imine (C=N–C) groups is 1. The van der Waals surface area contributed by atoms with Crippen LogP contribution in [-0.4, -0.2) is 55.4 Å². The molecule has 0 fully saturated rings. The summed E-state index contributed by atoms with van der Waals surface area (Å²) in [7, 11) is 2.02. The van der Waals surface area contributed by atoms with Crippen LogP contribution >= 0.6 is 0 Å². The van der Waals surface area contributed by atoms with Crippen LogP contribution in [-0.2, 0) is 0 Å². The van der Waals surface area contributed by atoms with Crippen molar-refractivity contribution in [3.8, 4) is 5.75 Å². The number of rotatable bonds is 9. The number of ether oxygens (including phenoxy) is 1.